The molecule has 2 atom stereocenters. The van der Waals surface area contributed by atoms with Crippen LogP contribution in [0.25, 0.3) is 0 Å². The van der Waals surface area contributed by atoms with Crippen molar-refractivity contribution in [1.82, 2.24) is 10.2 Å². The van der Waals surface area contributed by atoms with Crippen molar-refractivity contribution >= 4 is 12.0 Å². The smallest absolute Gasteiger partial charge is 0.326 e. The normalized spacial score (nSPS) is 34.0. The predicted octanol–water partition coefficient (Wildman–Crippen LogP) is 1.04. The van der Waals surface area contributed by atoms with E-state index in [1.165, 1.54) is 17.7 Å². The predicted molar refractivity (Wildman–Crippen MR) is 73.3 cm³/mol. The number of rotatable bonds is 3. The first-order valence-corrected chi connectivity index (χ1v) is 7.42. The minimum atomic E-state index is -1.05. The Morgan fingerprint density at radius 1 is 1.25 bits per heavy atom. The number of aliphatic hydroxyl groups is 1. The maximum atomic E-state index is 12.1. The van der Waals surface area contributed by atoms with Crippen molar-refractivity contribution in [3.05, 3.63) is 0 Å². The summed E-state index contributed by atoms with van der Waals surface area (Å²) in [6, 6.07) is -1.27. The highest BCUT2D eigenvalue weighted by atomic mass is 16.4. The van der Waals surface area contributed by atoms with E-state index >= 15 is 0 Å². The average molecular weight is 284 g/mol. The Balaban J connectivity index is 1.80. The largest absolute Gasteiger partial charge is 0.480 e. The SMILES string of the molecule is CC1CCC(CNC(=O)N2C[C@@H](O)C[C@H]2C(=O)O)CC1. The summed E-state index contributed by atoms with van der Waals surface area (Å²) >= 11 is 0. The summed E-state index contributed by atoms with van der Waals surface area (Å²) < 4.78 is 0. The maximum Gasteiger partial charge on any atom is 0.326 e. The van der Waals surface area contributed by atoms with Crippen LogP contribution in [0.2, 0.25) is 0 Å². The topological polar surface area (TPSA) is 89.9 Å². The van der Waals surface area contributed by atoms with Gasteiger partial charge in [-0.1, -0.05) is 19.8 Å². The molecule has 0 bridgehead atoms. The third kappa shape index (κ3) is 3.62. The lowest BCUT2D eigenvalue weighted by Gasteiger charge is -2.28. The van der Waals surface area contributed by atoms with Gasteiger partial charge in [0.1, 0.15) is 6.04 Å². The first-order chi connectivity index (χ1) is 9.47. The van der Waals surface area contributed by atoms with Gasteiger partial charge in [0.2, 0.25) is 0 Å². The molecule has 6 nitrogen and oxygen atoms in total. The molecule has 0 radical (unpaired) electrons. The van der Waals surface area contributed by atoms with Crippen LogP contribution in [-0.4, -0.2) is 52.3 Å². The molecule has 2 fully saturated rings. The van der Waals surface area contributed by atoms with E-state index < -0.39 is 18.1 Å². The van der Waals surface area contributed by atoms with Crippen LogP contribution in [-0.2, 0) is 4.79 Å². The van der Waals surface area contributed by atoms with Crippen molar-refractivity contribution in [3.8, 4) is 0 Å². The quantitative estimate of drug-likeness (QED) is 0.722. The first-order valence-electron chi connectivity index (χ1n) is 7.42. The lowest BCUT2D eigenvalue weighted by molar-refractivity contribution is -0.141. The number of hydrogen-bond donors (Lipinski definition) is 3. The molecule has 2 amide bonds. The molecule has 2 aliphatic rings. The van der Waals surface area contributed by atoms with E-state index in [2.05, 4.69) is 12.2 Å². The summed E-state index contributed by atoms with van der Waals surface area (Å²) in [5.41, 5.74) is 0. The number of urea groups is 1. The highest BCUT2D eigenvalue weighted by Gasteiger charge is 2.39. The number of likely N-dealkylation sites (tertiary alicyclic amines) is 1. The molecule has 20 heavy (non-hydrogen) atoms. The van der Waals surface area contributed by atoms with Gasteiger partial charge in [-0.15, -0.1) is 0 Å². The van der Waals surface area contributed by atoms with E-state index in [-0.39, 0.29) is 19.0 Å². The van der Waals surface area contributed by atoms with E-state index in [1.807, 2.05) is 0 Å². The van der Waals surface area contributed by atoms with Crippen molar-refractivity contribution in [2.45, 2.75) is 51.2 Å². The number of hydrogen-bond acceptors (Lipinski definition) is 3. The Morgan fingerprint density at radius 3 is 2.50 bits per heavy atom. The second kappa shape index (κ2) is 6.43. The molecule has 0 aromatic carbocycles. The van der Waals surface area contributed by atoms with Gasteiger partial charge in [0.05, 0.1) is 6.10 Å². The molecule has 6 heteroatoms. The summed E-state index contributed by atoms with van der Waals surface area (Å²) in [7, 11) is 0. The van der Waals surface area contributed by atoms with E-state index in [0.717, 1.165) is 18.8 Å². The second-order valence-corrected chi connectivity index (χ2v) is 6.21. The Morgan fingerprint density at radius 2 is 1.90 bits per heavy atom. The zero-order valence-electron chi connectivity index (χ0n) is 11.9. The van der Waals surface area contributed by atoms with Crippen LogP contribution >= 0.6 is 0 Å². The number of carboxylic acid groups (broad SMARTS) is 1. The molecule has 0 unspecified atom stereocenters. The summed E-state index contributed by atoms with van der Waals surface area (Å²) in [6.07, 6.45) is 4.00. The highest BCUT2D eigenvalue weighted by Crippen LogP contribution is 2.27. The maximum absolute atomic E-state index is 12.1. The monoisotopic (exact) mass is 284 g/mol. The standard InChI is InChI=1S/C14H24N2O4/c1-9-2-4-10(5-3-9)7-15-14(20)16-8-11(17)6-12(16)13(18)19/h9-12,17H,2-8H2,1H3,(H,15,20)(H,18,19)/t9?,10?,11-,12-/m0/s1. The first kappa shape index (κ1) is 15.1. The summed E-state index contributed by atoms with van der Waals surface area (Å²) in [5, 5.41) is 21.4. The van der Waals surface area contributed by atoms with Crippen LogP contribution in [0.3, 0.4) is 0 Å². The van der Waals surface area contributed by atoms with Crippen molar-refractivity contribution in [2.75, 3.05) is 13.1 Å². The fraction of sp³-hybridized carbons (Fsp3) is 0.857. The van der Waals surface area contributed by atoms with E-state index in [0.29, 0.717) is 12.5 Å². The third-order valence-corrected chi connectivity index (χ3v) is 4.50. The van der Waals surface area contributed by atoms with Gasteiger partial charge in [0, 0.05) is 19.5 Å². The average Bonchev–Trinajstić information content (AvgIpc) is 2.80. The zero-order chi connectivity index (χ0) is 14.7. The molecule has 3 N–H and O–H groups in total. The molecule has 1 saturated carbocycles. The van der Waals surface area contributed by atoms with Crippen LogP contribution in [0.5, 0.6) is 0 Å². The van der Waals surface area contributed by atoms with Crippen molar-refractivity contribution in [1.29, 1.82) is 0 Å². The number of aliphatic hydroxyl groups excluding tert-OH is 1. The molecule has 0 aromatic rings. The Hall–Kier alpha value is -1.30. The van der Waals surface area contributed by atoms with Gasteiger partial charge in [-0.25, -0.2) is 9.59 Å². The number of amides is 2. The van der Waals surface area contributed by atoms with Crippen LogP contribution in [0.15, 0.2) is 0 Å². The van der Waals surface area contributed by atoms with Gasteiger partial charge < -0.3 is 20.4 Å². The molecule has 0 spiro atoms. The van der Waals surface area contributed by atoms with Crippen LogP contribution in [0.1, 0.15) is 39.0 Å². The van der Waals surface area contributed by atoms with E-state index in [4.69, 9.17) is 5.11 Å². The Kier molecular flexibility index (Phi) is 4.86. The number of carboxylic acids is 1. The zero-order valence-corrected chi connectivity index (χ0v) is 11.9. The number of carbonyl (C=O) groups is 2. The molecule has 0 aromatic heterocycles. The van der Waals surface area contributed by atoms with Crippen molar-refractivity contribution < 1.29 is 19.8 Å². The molecular formula is C14H24N2O4. The van der Waals surface area contributed by atoms with Crippen LogP contribution in [0, 0.1) is 11.8 Å². The number of nitrogens with zero attached hydrogens (tertiary/aromatic N) is 1. The summed E-state index contributed by atoms with van der Waals surface area (Å²) in [4.78, 5) is 24.4. The number of nitrogens with one attached hydrogen (secondary N) is 1. The number of β-amino-alcohol motifs (C(OH)–C–C–N with tert-alkyl or cyclic N) is 1. The van der Waals surface area contributed by atoms with Gasteiger partial charge in [-0.3, -0.25) is 0 Å². The second-order valence-electron chi connectivity index (χ2n) is 6.21. The molecular weight excluding hydrogens is 260 g/mol. The molecule has 114 valence electrons. The fourth-order valence-corrected chi connectivity index (χ4v) is 3.14. The fourth-order valence-electron chi connectivity index (χ4n) is 3.14. The van der Waals surface area contributed by atoms with Gasteiger partial charge >= 0.3 is 12.0 Å². The molecule has 1 saturated heterocycles. The van der Waals surface area contributed by atoms with Gasteiger partial charge in [0.15, 0.2) is 0 Å². The van der Waals surface area contributed by atoms with Crippen molar-refractivity contribution in [3.63, 3.8) is 0 Å². The number of aliphatic carboxylic acids is 1. The highest BCUT2D eigenvalue weighted by molar-refractivity contribution is 5.83. The Labute approximate surface area is 119 Å². The van der Waals surface area contributed by atoms with Gasteiger partial charge in [0.25, 0.3) is 0 Å². The summed E-state index contributed by atoms with van der Waals surface area (Å²) in [6.45, 7) is 2.95. The number of carbonyl (C=O) groups excluding carboxylic acids is 1. The van der Waals surface area contributed by atoms with Gasteiger partial charge in [-0.05, 0) is 24.7 Å². The van der Waals surface area contributed by atoms with Gasteiger partial charge in [-0.2, -0.15) is 0 Å². The third-order valence-electron chi connectivity index (χ3n) is 4.50. The lowest BCUT2D eigenvalue weighted by atomic mass is 9.83. The molecule has 1 heterocycles. The van der Waals surface area contributed by atoms with Crippen molar-refractivity contribution in [2.24, 2.45) is 11.8 Å². The Bertz CT molecular complexity index is 366. The molecule has 1 aliphatic carbocycles. The molecule has 1 aliphatic heterocycles. The lowest BCUT2D eigenvalue weighted by Crippen LogP contribution is -2.47. The van der Waals surface area contributed by atoms with Crippen LogP contribution in [0.4, 0.5) is 4.79 Å². The van der Waals surface area contributed by atoms with E-state index in [1.54, 1.807) is 0 Å². The van der Waals surface area contributed by atoms with E-state index in [9.17, 15) is 14.7 Å². The van der Waals surface area contributed by atoms with Crippen LogP contribution < -0.4 is 5.32 Å². The minimum absolute atomic E-state index is 0.102. The minimum Gasteiger partial charge on any atom is -0.480 e. The molecule has 2 rings (SSSR count). The summed E-state index contributed by atoms with van der Waals surface area (Å²) in [5.74, 6) is 0.209.